The Labute approximate surface area is 287 Å². The maximum absolute atomic E-state index is 12.8. The van der Waals surface area contributed by atoms with Crippen molar-refractivity contribution in [3.05, 3.63) is 179 Å². The van der Waals surface area contributed by atoms with Crippen molar-refractivity contribution in [2.75, 3.05) is 12.9 Å². The van der Waals surface area contributed by atoms with Crippen LogP contribution < -0.4 is 0 Å². The molecule has 8 nitrogen and oxygen atoms in total. The number of aliphatic hydroxyl groups is 1. The van der Waals surface area contributed by atoms with Crippen LogP contribution in [0.2, 0.25) is 0 Å². The van der Waals surface area contributed by atoms with Crippen LogP contribution in [-0.2, 0) is 52.1 Å². The lowest BCUT2D eigenvalue weighted by atomic mass is 9.80. The van der Waals surface area contributed by atoms with Gasteiger partial charge in [0.15, 0.2) is 6.29 Å². The fraction of sp³-hybridized carbons (Fsp3) is 0.250. The molecule has 1 aliphatic rings. The quantitative estimate of drug-likeness (QED) is 0.103. The van der Waals surface area contributed by atoms with E-state index in [9.17, 15) is 13.5 Å². The van der Waals surface area contributed by atoms with Crippen molar-refractivity contribution in [1.82, 2.24) is 0 Å². The summed E-state index contributed by atoms with van der Waals surface area (Å²) in [6.07, 6.45) is -4.65. The molecule has 5 aromatic rings. The zero-order chi connectivity index (χ0) is 34.1. The molecule has 6 rings (SSSR count). The molecule has 5 atom stereocenters. The van der Waals surface area contributed by atoms with Crippen molar-refractivity contribution in [2.24, 2.45) is 0 Å². The molecule has 0 aromatic heterocycles. The molecule has 5 aromatic carbocycles. The van der Waals surface area contributed by atoms with E-state index in [1.807, 2.05) is 152 Å². The van der Waals surface area contributed by atoms with E-state index in [2.05, 4.69) is 0 Å². The third-order valence-electron chi connectivity index (χ3n) is 8.47. The summed E-state index contributed by atoms with van der Waals surface area (Å²) in [6, 6.07) is 48.3. The molecule has 254 valence electrons. The Morgan fingerprint density at radius 1 is 0.633 bits per heavy atom. The van der Waals surface area contributed by atoms with Gasteiger partial charge in [-0.05, 0) is 27.8 Å². The Morgan fingerprint density at radius 2 is 1.02 bits per heavy atom. The summed E-state index contributed by atoms with van der Waals surface area (Å²) in [7, 11) is -4.04. The SMILES string of the molecule is CS(=O)(=O)O[C@H](COC(c1ccccc1)(c1ccccc1)c1ccccc1)[C@H]1O[C@@H](O)[C@H](OCc2ccccc2)[C@H]1OCc1ccccc1. The number of hydrogen-bond donors (Lipinski definition) is 1. The topological polar surface area (TPSA) is 101 Å². The molecule has 1 aliphatic heterocycles. The zero-order valence-electron chi connectivity index (χ0n) is 27.2. The molecule has 0 radical (unpaired) electrons. The largest absolute Gasteiger partial charge is 0.368 e. The first-order chi connectivity index (χ1) is 23.8. The monoisotopic (exact) mass is 680 g/mol. The molecule has 0 aliphatic carbocycles. The van der Waals surface area contributed by atoms with Crippen molar-refractivity contribution in [3.8, 4) is 0 Å². The van der Waals surface area contributed by atoms with Crippen molar-refractivity contribution in [3.63, 3.8) is 0 Å². The van der Waals surface area contributed by atoms with E-state index < -0.39 is 46.4 Å². The second-order valence-corrected chi connectivity index (χ2v) is 13.5. The first kappa shape index (κ1) is 34.7. The molecular weight excluding hydrogens is 640 g/mol. The minimum absolute atomic E-state index is 0.164. The molecule has 0 bridgehead atoms. The summed E-state index contributed by atoms with van der Waals surface area (Å²) >= 11 is 0. The summed E-state index contributed by atoms with van der Waals surface area (Å²) in [5.74, 6) is 0. The van der Waals surface area contributed by atoms with Gasteiger partial charge in [0.2, 0.25) is 0 Å². The number of rotatable bonds is 15. The van der Waals surface area contributed by atoms with Gasteiger partial charge in [0.25, 0.3) is 10.1 Å². The van der Waals surface area contributed by atoms with Gasteiger partial charge in [-0.15, -0.1) is 0 Å². The first-order valence-corrected chi connectivity index (χ1v) is 18.0. The van der Waals surface area contributed by atoms with Crippen molar-refractivity contribution in [2.45, 2.75) is 49.5 Å². The molecule has 0 unspecified atom stereocenters. The predicted molar refractivity (Wildman–Crippen MR) is 186 cm³/mol. The fourth-order valence-corrected chi connectivity index (χ4v) is 6.86. The van der Waals surface area contributed by atoms with E-state index in [0.29, 0.717) is 0 Å². The normalized spacial score (nSPS) is 20.2. The van der Waals surface area contributed by atoms with Crippen LogP contribution in [0.5, 0.6) is 0 Å². The van der Waals surface area contributed by atoms with Gasteiger partial charge in [-0.2, -0.15) is 8.42 Å². The molecule has 0 spiro atoms. The average molecular weight is 681 g/mol. The standard InChI is InChI=1S/C40H40O8S/c1-49(42,43)48-35(29-46-40(32-21-11-4-12-22-32,33-23-13-5-14-24-33)34-25-15-6-16-26-34)36-37(44-27-30-17-7-2-8-18-30)38(39(41)47-36)45-28-31-19-9-3-10-20-31/h2-26,35-39,41H,27-29H2,1H3/t35-,36-,37+,38-,39-/m1/s1. The minimum Gasteiger partial charge on any atom is -0.368 e. The van der Waals surface area contributed by atoms with Crippen molar-refractivity contribution >= 4 is 10.1 Å². The summed E-state index contributed by atoms with van der Waals surface area (Å²) in [5, 5.41) is 11.2. The van der Waals surface area contributed by atoms with E-state index in [1.165, 1.54) is 0 Å². The molecule has 1 fully saturated rings. The summed E-state index contributed by atoms with van der Waals surface area (Å²) < 4.78 is 57.1. The van der Waals surface area contributed by atoms with E-state index in [-0.39, 0.29) is 19.8 Å². The second kappa shape index (κ2) is 16.0. The maximum Gasteiger partial charge on any atom is 0.264 e. The van der Waals surface area contributed by atoms with E-state index in [1.54, 1.807) is 0 Å². The number of hydrogen-bond acceptors (Lipinski definition) is 8. The van der Waals surface area contributed by atoms with Crippen LogP contribution in [0, 0.1) is 0 Å². The van der Waals surface area contributed by atoms with E-state index in [0.717, 1.165) is 34.1 Å². The Balaban J connectivity index is 1.37. The third-order valence-corrected chi connectivity index (χ3v) is 9.06. The third kappa shape index (κ3) is 8.52. The van der Waals surface area contributed by atoms with Crippen molar-refractivity contribution < 1.29 is 36.7 Å². The van der Waals surface area contributed by atoms with Crippen LogP contribution in [0.4, 0.5) is 0 Å². The Bertz CT molecular complexity index is 1730. The first-order valence-electron chi connectivity index (χ1n) is 16.2. The van der Waals surface area contributed by atoms with Gasteiger partial charge < -0.3 is 24.1 Å². The predicted octanol–water partition coefficient (Wildman–Crippen LogP) is 6.23. The molecule has 1 heterocycles. The van der Waals surface area contributed by atoms with Crippen LogP contribution in [0.1, 0.15) is 27.8 Å². The molecule has 0 amide bonds. The maximum atomic E-state index is 12.8. The van der Waals surface area contributed by atoms with Gasteiger partial charge in [0, 0.05) is 0 Å². The van der Waals surface area contributed by atoms with Gasteiger partial charge in [-0.1, -0.05) is 152 Å². The van der Waals surface area contributed by atoms with Crippen LogP contribution >= 0.6 is 0 Å². The lowest BCUT2D eigenvalue weighted by Crippen LogP contribution is -2.47. The summed E-state index contributed by atoms with van der Waals surface area (Å²) in [5.41, 5.74) is 3.11. The Hall–Kier alpha value is -4.19. The molecular formula is C40H40O8S. The number of aliphatic hydroxyl groups excluding tert-OH is 1. The smallest absolute Gasteiger partial charge is 0.264 e. The Morgan fingerprint density at radius 3 is 1.43 bits per heavy atom. The highest BCUT2D eigenvalue weighted by molar-refractivity contribution is 7.86. The minimum atomic E-state index is -4.04. The number of ether oxygens (including phenoxy) is 4. The van der Waals surface area contributed by atoms with E-state index in [4.69, 9.17) is 23.1 Å². The molecule has 0 saturated carbocycles. The molecule has 1 N–H and O–H groups in total. The van der Waals surface area contributed by atoms with E-state index >= 15 is 0 Å². The van der Waals surface area contributed by atoms with Gasteiger partial charge in [-0.25, -0.2) is 0 Å². The van der Waals surface area contributed by atoms with Crippen LogP contribution in [0.25, 0.3) is 0 Å². The van der Waals surface area contributed by atoms with Gasteiger partial charge in [-0.3, -0.25) is 4.18 Å². The molecule has 9 heteroatoms. The van der Waals surface area contributed by atoms with Gasteiger partial charge >= 0.3 is 0 Å². The van der Waals surface area contributed by atoms with Crippen molar-refractivity contribution in [1.29, 1.82) is 0 Å². The second-order valence-electron chi connectivity index (χ2n) is 11.9. The highest BCUT2D eigenvalue weighted by Crippen LogP contribution is 2.41. The number of benzene rings is 5. The molecule has 1 saturated heterocycles. The summed E-state index contributed by atoms with van der Waals surface area (Å²) in [4.78, 5) is 0. The van der Waals surface area contributed by atoms with Crippen LogP contribution in [0.3, 0.4) is 0 Å². The average Bonchev–Trinajstić information content (AvgIpc) is 3.45. The van der Waals surface area contributed by atoms with Crippen LogP contribution in [0.15, 0.2) is 152 Å². The highest BCUT2D eigenvalue weighted by atomic mass is 32.2. The molecule has 49 heavy (non-hydrogen) atoms. The Kier molecular flexibility index (Phi) is 11.3. The zero-order valence-corrected chi connectivity index (χ0v) is 28.0. The van der Waals surface area contributed by atoms with Crippen LogP contribution in [-0.4, -0.2) is 57.1 Å². The lowest BCUT2D eigenvalue weighted by molar-refractivity contribution is -0.163. The van der Waals surface area contributed by atoms with Gasteiger partial charge in [0.05, 0.1) is 26.1 Å². The highest BCUT2D eigenvalue weighted by Gasteiger charge is 2.51. The van der Waals surface area contributed by atoms with Gasteiger partial charge in [0.1, 0.15) is 30.0 Å². The fourth-order valence-electron chi connectivity index (χ4n) is 6.24. The lowest BCUT2D eigenvalue weighted by Gasteiger charge is -2.38. The summed E-state index contributed by atoms with van der Waals surface area (Å²) in [6.45, 7) is 0.0918.